The summed E-state index contributed by atoms with van der Waals surface area (Å²) in [5.41, 5.74) is 1.51. The molecule has 6 nitrogen and oxygen atoms in total. The third kappa shape index (κ3) is 4.44. The number of benzene rings is 1. The summed E-state index contributed by atoms with van der Waals surface area (Å²) >= 11 is 0. The molecule has 1 N–H and O–H groups in total. The lowest BCUT2D eigenvalue weighted by Gasteiger charge is -2.38. The maximum Gasteiger partial charge on any atom is 0.258 e. The number of ether oxygens (including phenoxy) is 1. The fraction of sp³-hybridized carbons (Fsp3) is 0.632. The van der Waals surface area contributed by atoms with Crippen molar-refractivity contribution in [1.29, 1.82) is 0 Å². The van der Waals surface area contributed by atoms with Gasteiger partial charge >= 0.3 is 0 Å². The minimum Gasteiger partial charge on any atom is -0.488 e. The van der Waals surface area contributed by atoms with Gasteiger partial charge in [0.15, 0.2) is 0 Å². The van der Waals surface area contributed by atoms with Crippen LogP contribution in [0.15, 0.2) is 18.2 Å². The molecule has 1 aromatic rings. The average molecular weight is 349 g/mol. The Morgan fingerprint density at radius 1 is 1.32 bits per heavy atom. The van der Waals surface area contributed by atoms with Crippen LogP contribution < -0.4 is 9.64 Å². The van der Waals surface area contributed by atoms with E-state index in [1.807, 2.05) is 58.2 Å². The minimum absolute atomic E-state index is 0.0274. The Hall–Kier alpha value is -1.79. The number of rotatable bonds is 5. The molecule has 1 heterocycles. The SMILES string of the molecule is C[C@@H]1CN([C@@H](C)CO)C(=O)c2cc(N(C)C)ccc2O[C@@H]1CN(C)C. The summed E-state index contributed by atoms with van der Waals surface area (Å²) in [6.45, 7) is 5.25. The Balaban J connectivity index is 2.50. The molecule has 1 amide bonds. The van der Waals surface area contributed by atoms with Crippen molar-refractivity contribution in [3.63, 3.8) is 0 Å². The lowest BCUT2D eigenvalue weighted by atomic mass is 9.99. The molecule has 3 atom stereocenters. The number of likely N-dealkylation sites (N-methyl/N-ethyl adjacent to an activating group) is 1. The van der Waals surface area contributed by atoms with Gasteiger partial charge in [-0.15, -0.1) is 0 Å². The lowest BCUT2D eigenvalue weighted by molar-refractivity contribution is 0.0363. The molecule has 0 fully saturated rings. The first kappa shape index (κ1) is 19.5. The predicted octanol–water partition coefficient (Wildman–Crippen LogP) is 1.53. The van der Waals surface area contributed by atoms with Crippen molar-refractivity contribution >= 4 is 11.6 Å². The molecular weight excluding hydrogens is 318 g/mol. The maximum absolute atomic E-state index is 13.1. The molecule has 0 spiro atoms. The van der Waals surface area contributed by atoms with Crippen LogP contribution >= 0.6 is 0 Å². The van der Waals surface area contributed by atoms with Crippen LogP contribution in [0.25, 0.3) is 0 Å². The number of carbonyl (C=O) groups is 1. The first-order chi connectivity index (χ1) is 11.7. The van der Waals surface area contributed by atoms with Crippen LogP contribution in [0.4, 0.5) is 5.69 Å². The van der Waals surface area contributed by atoms with Crippen LogP contribution in [-0.2, 0) is 0 Å². The van der Waals surface area contributed by atoms with Gasteiger partial charge in [-0.3, -0.25) is 4.79 Å². The van der Waals surface area contributed by atoms with Gasteiger partial charge in [0.05, 0.1) is 18.2 Å². The van der Waals surface area contributed by atoms with E-state index in [1.54, 1.807) is 4.90 Å². The highest BCUT2D eigenvalue weighted by Crippen LogP contribution is 2.31. The highest BCUT2D eigenvalue weighted by Gasteiger charge is 2.33. The number of aliphatic hydroxyl groups is 1. The van der Waals surface area contributed by atoms with Gasteiger partial charge in [0.1, 0.15) is 11.9 Å². The number of anilines is 1. The minimum atomic E-state index is -0.232. The van der Waals surface area contributed by atoms with E-state index >= 15 is 0 Å². The zero-order chi connectivity index (χ0) is 18.7. The zero-order valence-electron chi connectivity index (χ0n) is 16.2. The number of hydrogen-bond donors (Lipinski definition) is 1. The molecule has 1 aliphatic heterocycles. The van der Waals surface area contributed by atoms with Gasteiger partial charge in [-0.25, -0.2) is 0 Å². The summed E-state index contributed by atoms with van der Waals surface area (Å²) in [7, 11) is 7.93. The Morgan fingerprint density at radius 2 is 2.00 bits per heavy atom. The molecule has 1 aromatic carbocycles. The van der Waals surface area contributed by atoms with Crippen molar-refractivity contribution in [1.82, 2.24) is 9.80 Å². The topological polar surface area (TPSA) is 56.3 Å². The van der Waals surface area contributed by atoms with E-state index in [0.29, 0.717) is 17.9 Å². The molecule has 25 heavy (non-hydrogen) atoms. The number of amides is 1. The molecule has 6 heteroatoms. The van der Waals surface area contributed by atoms with E-state index in [-0.39, 0.29) is 30.6 Å². The van der Waals surface area contributed by atoms with Crippen molar-refractivity contribution in [3.8, 4) is 5.75 Å². The summed E-state index contributed by atoms with van der Waals surface area (Å²) in [4.78, 5) is 19.0. The second-order valence-electron chi connectivity index (χ2n) is 7.46. The first-order valence-electron chi connectivity index (χ1n) is 8.79. The Labute approximate surface area is 151 Å². The van der Waals surface area contributed by atoms with Crippen molar-refractivity contribution in [2.24, 2.45) is 5.92 Å². The van der Waals surface area contributed by atoms with Crippen LogP contribution in [0.2, 0.25) is 0 Å². The van der Waals surface area contributed by atoms with Crippen molar-refractivity contribution < 1.29 is 14.6 Å². The van der Waals surface area contributed by atoms with Crippen LogP contribution in [0.5, 0.6) is 5.75 Å². The summed E-state index contributed by atoms with van der Waals surface area (Å²) in [5.74, 6) is 0.682. The van der Waals surface area contributed by atoms with E-state index in [1.165, 1.54) is 0 Å². The van der Waals surface area contributed by atoms with Gasteiger partial charge in [0, 0.05) is 38.8 Å². The van der Waals surface area contributed by atoms with Gasteiger partial charge in [-0.2, -0.15) is 0 Å². The second-order valence-corrected chi connectivity index (χ2v) is 7.46. The number of aliphatic hydroxyl groups excluding tert-OH is 1. The zero-order valence-corrected chi connectivity index (χ0v) is 16.2. The third-order valence-corrected chi connectivity index (χ3v) is 4.71. The quantitative estimate of drug-likeness (QED) is 0.874. The molecule has 140 valence electrons. The fourth-order valence-corrected chi connectivity index (χ4v) is 3.07. The predicted molar refractivity (Wildman–Crippen MR) is 100 cm³/mol. The number of carbonyl (C=O) groups excluding carboxylic acids is 1. The van der Waals surface area contributed by atoms with Crippen molar-refractivity contribution in [2.45, 2.75) is 26.0 Å². The smallest absolute Gasteiger partial charge is 0.258 e. The van der Waals surface area contributed by atoms with Crippen molar-refractivity contribution in [2.75, 3.05) is 52.8 Å². The average Bonchev–Trinajstić information content (AvgIpc) is 2.56. The second kappa shape index (κ2) is 8.06. The van der Waals surface area contributed by atoms with E-state index in [2.05, 4.69) is 11.8 Å². The molecule has 0 bridgehead atoms. The van der Waals surface area contributed by atoms with E-state index in [0.717, 1.165) is 12.2 Å². The highest BCUT2D eigenvalue weighted by molar-refractivity contribution is 5.98. The molecule has 2 rings (SSSR count). The summed E-state index contributed by atoms with van der Waals surface area (Å²) in [6.07, 6.45) is -0.0274. The van der Waals surface area contributed by atoms with Crippen LogP contribution in [0, 0.1) is 5.92 Å². The van der Waals surface area contributed by atoms with Gasteiger partial charge in [0.2, 0.25) is 0 Å². The molecule has 0 saturated heterocycles. The fourth-order valence-electron chi connectivity index (χ4n) is 3.07. The Bertz CT molecular complexity index is 604. The van der Waals surface area contributed by atoms with Gasteiger partial charge in [-0.1, -0.05) is 6.92 Å². The third-order valence-electron chi connectivity index (χ3n) is 4.71. The van der Waals surface area contributed by atoms with Crippen LogP contribution in [0.1, 0.15) is 24.2 Å². The van der Waals surface area contributed by atoms with Gasteiger partial charge in [0.25, 0.3) is 5.91 Å². The monoisotopic (exact) mass is 349 g/mol. The van der Waals surface area contributed by atoms with Crippen LogP contribution in [0.3, 0.4) is 0 Å². The molecule has 0 saturated carbocycles. The molecular formula is C19H31N3O3. The summed E-state index contributed by atoms with van der Waals surface area (Å²) < 4.78 is 6.26. The highest BCUT2D eigenvalue weighted by atomic mass is 16.5. The summed E-state index contributed by atoms with van der Waals surface area (Å²) in [5, 5.41) is 9.61. The lowest BCUT2D eigenvalue weighted by Crippen LogP contribution is -2.49. The first-order valence-corrected chi connectivity index (χ1v) is 8.79. The van der Waals surface area contributed by atoms with E-state index in [9.17, 15) is 9.90 Å². The van der Waals surface area contributed by atoms with Gasteiger partial charge < -0.3 is 24.5 Å². The Morgan fingerprint density at radius 3 is 2.56 bits per heavy atom. The Kier molecular flexibility index (Phi) is 6.30. The molecule has 0 radical (unpaired) electrons. The van der Waals surface area contributed by atoms with Crippen LogP contribution in [-0.4, -0.2) is 80.8 Å². The number of hydrogen-bond acceptors (Lipinski definition) is 5. The molecule has 0 unspecified atom stereocenters. The van der Waals surface area contributed by atoms with Gasteiger partial charge in [-0.05, 0) is 39.2 Å². The van der Waals surface area contributed by atoms with E-state index < -0.39 is 0 Å². The number of fused-ring (bicyclic) bond motifs is 1. The standard InChI is InChI=1S/C19H31N3O3/c1-13-10-22(14(2)12-23)19(24)16-9-15(21(5)6)7-8-17(16)25-18(13)11-20(3)4/h7-9,13-14,18,23H,10-12H2,1-6H3/t13-,14+,18-/m1/s1. The molecule has 0 aromatic heterocycles. The van der Waals surface area contributed by atoms with E-state index in [4.69, 9.17) is 4.74 Å². The largest absolute Gasteiger partial charge is 0.488 e. The number of nitrogens with zero attached hydrogens (tertiary/aromatic N) is 3. The van der Waals surface area contributed by atoms with Crippen molar-refractivity contribution in [3.05, 3.63) is 23.8 Å². The maximum atomic E-state index is 13.1. The summed E-state index contributed by atoms with van der Waals surface area (Å²) in [6, 6.07) is 5.48. The molecule has 1 aliphatic rings. The normalized spacial score (nSPS) is 22.1. The molecule has 0 aliphatic carbocycles.